The summed E-state index contributed by atoms with van der Waals surface area (Å²) < 4.78 is 105. The Bertz CT molecular complexity index is 1440. The smallest absolute Gasteiger partial charge is 0.416 e. The fourth-order valence-corrected chi connectivity index (χ4v) is 6.34. The predicted molar refractivity (Wildman–Crippen MR) is 127 cm³/mol. The van der Waals surface area contributed by atoms with Gasteiger partial charge >= 0.3 is 18.3 Å². The van der Waals surface area contributed by atoms with E-state index in [4.69, 9.17) is 21.5 Å². The van der Waals surface area contributed by atoms with Crippen LogP contribution in [0.3, 0.4) is 0 Å². The highest BCUT2D eigenvalue weighted by Crippen LogP contribution is 2.41. The maximum absolute atomic E-state index is 13.2. The van der Waals surface area contributed by atoms with E-state index in [1.807, 2.05) is 0 Å². The molecular formula is C23H17ClF6O6S2. The van der Waals surface area contributed by atoms with Gasteiger partial charge in [-0.25, -0.2) is 13.2 Å². The van der Waals surface area contributed by atoms with Crippen LogP contribution in [0.15, 0.2) is 41.3 Å². The molecule has 3 aromatic rings. The van der Waals surface area contributed by atoms with Crippen molar-refractivity contribution in [3.63, 3.8) is 0 Å². The molecule has 0 amide bonds. The van der Waals surface area contributed by atoms with Gasteiger partial charge in [-0.1, -0.05) is 11.6 Å². The van der Waals surface area contributed by atoms with Gasteiger partial charge in [0, 0.05) is 9.90 Å². The summed E-state index contributed by atoms with van der Waals surface area (Å²) in [6, 6.07) is 4.58. The van der Waals surface area contributed by atoms with Gasteiger partial charge in [0.2, 0.25) is 0 Å². The van der Waals surface area contributed by atoms with Gasteiger partial charge in [-0.3, -0.25) is 4.79 Å². The molecule has 0 saturated carbocycles. The molecule has 38 heavy (non-hydrogen) atoms. The third-order valence-electron chi connectivity index (χ3n) is 5.01. The molecule has 0 radical (unpaired) electrons. The minimum absolute atomic E-state index is 0.0494. The first kappa shape index (κ1) is 31.1. The summed E-state index contributed by atoms with van der Waals surface area (Å²) in [4.78, 5) is 19.2. The van der Waals surface area contributed by atoms with Crippen LogP contribution in [-0.4, -0.2) is 31.1 Å². The van der Waals surface area contributed by atoms with Crippen LogP contribution < -0.4 is 0 Å². The van der Waals surface area contributed by atoms with E-state index in [0.29, 0.717) is 39.6 Å². The molecule has 2 aromatic carbocycles. The molecule has 0 bridgehead atoms. The topological polar surface area (TPSA) is 109 Å². The van der Waals surface area contributed by atoms with Crippen molar-refractivity contribution in [1.82, 2.24) is 0 Å². The number of carboxylic acids is 1. The van der Waals surface area contributed by atoms with E-state index in [1.165, 1.54) is 19.1 Å². The molecule has 0 atom stereocenters. The number of benzene rings is 2. The molecule has 0 aliphatic heterocycles. The second kappa shape index (κ2) is 11.3. The zero-order valence-corrected chi connectivity index (χ0v) is 21.6. The molecule has 2 N–H and O–H groups in total. The predicted octanol–water partition coefficient (Wildman–Crippen LogP) is 7.10. The van der Waals surface area contributed by atoms with Gasteiger partial charge in [0.05, 0.1) is 21.8 Å². The van der Waals surface area contributed by atoms with Gasteiger partial charge in [0.1, 0.15) is 4.88 Å². The van der Waals surface area contributed by atoms with E-state index >= 15 is 0 Å². The minimum Gasteiger partial charge on any atom is -0.483 e. The molecule has 0 aliphatic carbocycles. The number of aryl methyl sites for hydroxylation is 2. The molecule has 206 valence electrons. The molecule has 0 aliphatic rings. The Morgan fingerprint density at radius 1 is 0.947 bits per heavy atom. The summed E-state index contributed by atoms with van der Waals surface area (Å²) in [6.07, 6.45) is -10.2. The Balaban J connectivity index is 0.00000161. The zero-order valence-electron chi connectivity index (χ0n) is 19.2. The number of alkyl halides is 6. The maximum atomic E-state index is 13.2. The SMILES string of the molecule is Cc1cc(S(=O)(=O)Cc2cc(-c3cc(C(F)(F)F)cc(C(F)(F)F)c3)sc2C(=O)O)c(C)cc1Cl.O=CO. The number of halogens is 7. The third-order valence-corrected chi connectivity index (χ3v) is 8.43. The average Bonchev–Trinajstić information content (AvgIpc) is 3.18. The Hall–Kier alpha value is -3.10. The molecule has 1 aromatic heterocycles. The second-order valence-corrected chi connectivity index (χ2v) is 11.2. The van der Waals surface area contributed by atoms with Crippen molar-refractivity contribution in [2.24, 2.45) is 0 Å². The van der Waals surface area contributed by atoms with Crippen molar-refractivity contribution in [2.75, 3.05) is 0 Å². The van der Waals surface area contributed by atoms with E-state index in [9.17, 15) is 44.7 Å². The molecule has 1 heterocycles. The molecule has 3 rings (SSSR count). The van der Waals surface area contributed by atoms with Crippen LogP contribution in [-0.2, 0) is 32.7 Å². The lowest BCUT2D eigenvalue weighted by atomic mass is 10.0. The summed E-state index contributed by atoms with van der Waals surface area (Å²) >= 11 is 6.38. The van der Waals surface area contributed by atoms with E-state index in [1.54, 1.807) is 6.92 Å². The quantitative estimate of drug-likeness (QED) is 0.238. The summed E-state index contributed by atoms with van der Waals surface area (Å²) in [5, 5.41) is 16.7. The lowest BCUT2D eigenvalue weighted by Crippen LogP contribution is -2.11. The van der Waals surface area contributed by atoms with Gasteiger partial charge in [0.15, 0.2) is 9.84 Å². The van der Waals surface area contributed by atoms with E-state index in [2.05, 4.69) is 0 Å². The fourth-order valence-electron chi connectivity index (χ4n) is 3.33. The van der Waals surface area contributed by atoms with Crippen LogP contribution in [0.25, 0.3) is 10.4 Å². The van der Waals surface area contributed by atoms with Crippen molar-refractivity contribution in [3.05, 3.63) is 74.1 Å². The molecule has 0 spiro atoms. The van der Waals surface area contributed by atoms with Crippen LogP contribution in [0.1, 0.15) is 37.5 Å². The van der Waals surface area contributed by atoms with Crippen molar-refractivity contribution in [3.8, 4) is 10.4 Å². The number of aromatic carboxylic acids is 1. The van der Waals surface area contributed by atoms with Crippen LogP contribution in [0.2, 0.25) is 5.02 Å². The van der Waals surface area contributed by atoms with Gasteiger partial charge < -0.3 is 10.2 Å². The number of carboxylic acid groups (broad SMARTS) is 2. The summed E-state index contributed by atoms with van der Waals surface area (Å²) in [5.74, 6) is -2.41. The van der Waals surface area contributed by atoms with Crippen LogP contribution >= 0.6 is 22.9 Å². The van der Waals surface area contributed by atoms with Gasteiger partial charge in [-0.05, 0) is 72.5 Å². The Morgan fingerprint density at radius 2 is 1.45 bits per heavy atom. The number of hydrogen-bond acceptors (Lipinski definition) is 5. The van der Waals surface area contributed by atoms with E-state index in [0.717, 1.165) is 6.07 Å². The lowest BCUT2D eigenvalue weighted by molar-refractivity contribution is -0.143. The second-order valence-electron chi connectivity index (χ2n) is 7.80. The van der Waals surface area contributed by atoms with Gasteiger partial charge in [-0.15, -0.1) is 11.3 Å². The highest BCUT2D eigenvalue weighted by atomic mass is 35.5. The highest BCUT2D eigenvalue weighted by molar-refractivity contribution is 7.90. The van der Waals surface area contributed by atoms with Crippen LogP contribution in [0, 0.1) is 13.8 Å². The molecular weight excluding hydrogens is 586 g/mol. The Kier molecular flexibility index (Phi) is 9.28. The third kappa shape index (κ3) is 7.26. The van der Waals surface area contributed by atoms with Crippen LogP contribution in [0.4, 0.5) is 26.3 Å². The van der Waals surface area contributed by atoms with Crippen molar-refractivity contribution in [2.45, 2.75) is 36.8 Å². The average molecular weight is 603 g/mol. The first-order chi connectivity index (χ1) is 17.3. The highest BCUT2D eigenvalue weighted by Gasteiger charge is 2.37. The van der Waals surface area contributed by atoms with Crippen molar-refractivity contribution < 1.29 is 54.6 Å². The number of hydrogen-bond donors (Lipinski definition) is 2. The normalized spacial score (nSPS) is 12.0. The number of carbonyl (C=O) groups is 2. The standard InChI is InChI=1S/C22H15ClF6O4S2.CH2O2/c1-10-4-18(11(2)3-16(10)23)35(32,33)9-13-7-17(34-19(13)20(30)31)12-5-14(21(24,25)26)8-15(6-12)22(27,28)29;2-1-3/h3-8H,9H2,1-2H3,(H,30,31);1H,(H,2,3). The Morgan fingerprint density at radius 3 is 1.89 bits per heavy atom. The molecule has 0 fully saturated rings. The molecule has 15 heteroatoms. The fraction of sp³-hybridized carbons (Fsp3) is 0.217. The zero-order chi connectivity index (χ0) is 29.2. The maximum Gasteiger partial charge on any atom is 0.416 e. The van der Waals surface area contributed by atoms with E-state index in [-0.39, 0.29) is 27.9 Å². The largest absolute Gasteiger partial charge is 0.483 e. The van der Waals surface area contributed by atoms with Crippen molar-refractivity contribution in [1.29, 1.82) is 0 Å². The van der Waals surface area contributed by atoms with E-state index < -0.39 is 55.5 Å². The minimum atomic E-state index is -5.10. The first-order valence-electron chi connectivity index (χ1n) is 10.0. The van der Waals surface area contributed by atoms with Gasteiger partial charge in [0.25, 0.3) is 6.47 Å². The lowest BCUT2D eigenvalue weighted by Gasteiger charge is -2.13. The number of sulfone groups is 1. The number of rotatable bonds is 5. The summed E-state index contributed by atoms with van der Waals surface area (Å²) in [5.41, 5.74) is -3.22. The first-order valence-corrected chi connectivity index (χ1v) is 12.9. The summed E-state index contributed by atoms with van der Waals surface area (Å²) in [6.45, 7) is 2.80. The van der Waals surface area contributed by atoms with Gasteiger partial charge in [-0.2, -0.15) is 26.3 Å². The molecule has 0 unspecified atom stereocenters. The number of thiophene rings is 1. The molecule has 6 nitrogen and oxygen atoms in total. The van der Waals surface area contributed by atoms with Crippen LogP contribution in [0.5, 0.6) is 0 Å². The summed E-state index contributed by atoms with van der Waals surface area (Å²) in [7, 11) is -4.15. The Labute approximate surface area is 221 Å². The van der Waals surface area contributed by atoms with Crippen molar-refractivity contribution >= 4 is 45.2 Å². The monoisotopic (exact) mass is 602 g/mol. The molecule has 0 saturated heterocycles.